The number of fused-ring (bicyclic) bond motifs is 1. The Morgan fingerprint density at radius 3 is 3.10 bits per heavy atom. The Balaban J connectivity index is 1.83. The number of nitrogens with one attached hydrogen (secondary N) is 1. The summed E-state index contributed by atoms with van der Waals surface area (Å²) in [5.74, 6) is 0. The Labute approximate surface area is 121 Å². The van der Waals surface area contributed by atoms with Gasteiger partial charge in [-0.05, 0) is 29.7 Å². The number of aromatic amines is 1. The minimum Gasteiger partial charge on any atom is -0.361 e. The molecule has 0 atom stereocenters. The normalized spacial score (nSPS) is 10.9. The summed E-state index contributed by atoms with van der Waals surface area (Å²) in [6.45, 7) is 1.29. The van der Waals surface area contributed by atoms with Crippen LogP contribution in [0.4, 0.5) is 0 Å². The zero-order chi connectivity index (χ0) is 14.7. The highest BCUT2D eigenvalue weighted by Crippen LogP contribution is 2.21. The third-order valence-corrected chi connectivity index (χ3v) is 3.49. The van der Waals surface area contributed by atoms with Crippen LogP contribution in [0.1, 0.15) is 11.1 Å². The second kappa shape index (κ2) is 5.74. The van der Waals surface area contributed by atoms with Gasteiger partial charge >= 0.3 is 0 Å². The molecule has 0 aliphatic carbocycles. The van der Waals surface area contributed by atoms with Crippen LogP contribution >= 0.6 is 0 Å². The molecule has 1 N–H and O–H groups in total. The molecule has 0 radical (unpaired) electrons. The van der Waals surface area contributed by atoms with Crippen molar-refractivity contribution in [3.05, 3.63) is 53.1 Å². The van der Waals surface area contributed by atoms with Gasteiger partial charge in [-0.15, -0.1) is 4.91 Å². The SMILES string of the molecule is CN(CCc1c[nH]c2ccc(Cn3cncn3)cc12)N=O. The van der Waals surface area contributed by atoms with Crippen molar-refractivity contribution in [2.45, 2.75) is 13.0 Å². The predicted octanol–water partition coefficient (Wildman–Crippen LogP) is 1.96. The monoisotopic (exact) mass is 284 g/mol. The number of nitrogens with zero attached hydrogens (tertiary/aromatic N) is 5. The van der Waals surface area contributed by atoms with E-state index in [1.54, 1.807) is 18.1 Å². The number of nitroso groups, excluding NO2 is 1. The highest BCUT2D eigenvalue weighted by Gasteiger charge is 2.06. The number of benzene rings is 1. The van der Waals surface area contributed by atoms with Crippen LogP contribution < -0.4 is 0 Å². The molecule has 21 heavy (non-hydrogen) atoms. The Bertz CT molecular complexity index is 733. The summed E-state index contributed by atoms with van der Waals surface area (Å²) in [6.07, 6.45) is 5.99. The van der Waals surface area contributed by atoms with E-state index in [1.807, 2.05) is 6.20 Å². The first-order chi connectivity index (χ1) is 10.3. The number of aromatic nitrogens is 4. The van der Waals surface area contributed by atoms with Gasteiger partial charge in [0.2, 0.25) is 0 Å². The van der Waals surface area contributed by atoms with Crippen LogP contribution in [-0.2, 0) is 13.0 Å². The lowest BCUT2D eigenvalue weighted by Gasteiger charge is -2.07. The van der Waals surface area contributed by atoms with Gasteiger partial charge in [0.25, 0.3) is 0 Å². The first-order valence-corrected chi connectivity index (χ1v) is 6.72. The lowest BCUT2D eigenvalue weighted by atomic mass is 10.1. The molecule has 7 heteroatoms. The molecule has 2 heterocycles. The average molecular weight is 284 g/mol. The first kappa shape index (κ1) is 13.3. The van der Waals surface area contributed by atoms with Crippen LogP contribution in [0, 0.1) is 4.91 Å². The largest absolute Gasteiger partial charge is 0.361 e. The van der Waals surface area contributed by atoms with E-state index in [1.165, 1.54) is 22.3 Å². The Morgan fingerprint density at radius 1 is 1.43 bits per heavy atom. The predicted molar refractivity (Wildman–Crippen MR) is 79.6 cm³/mol. The van der Waals surface area contributed by atoms with Crippen molar-refractivity contribution in [3.8, 4) is 0 Å². The maximum absolute atomic E-state index is 10.4. The topological polar surface area (TPSA) is 79.2 Å². The second-order valence-electron chi connectivity index (χ2n) is 5.00. The summed E-state index contributed by atoms with van der Waals surface area (Å²) in [4.78, 5) is 17.6. The van der Waals surface area contributed by atoms with Gasteiger partial charge in [0.1, 0.15) is 12.7 Å². The Morgan fingerprint density at radius 2 is 2.33 bits per heavy atom. The van der Waals surface area contributed by atoms with Gasteiger partial charge in [-0.2, -0.15) is 5.10 Å². The van der Waals surface area contributed by atoms with E-state index in [4.69, 9.17) is 0 Å². The van der Waals surface area contributed by atoms with Gasteiger partial charge in [-0.3, -0.25) is 5.01 Å². The third kappa shape index (κ3) is 2.91. The molecule has 0 aliphatic heterocycles. The van der Waals surface area contributed by atoms with Crippen LogP contribution in [0.25, 0.3) is 10.9 Å². The van der Waals surface area contributed by atoms with Gasteiger partial charge in [-0.25, -0.2) is 9.67 Å². The van der Waals surface area contributed by atoms with Gasteiger partial charge in [0.05, 0.1) is 11.8 Å². The maximum atomic E-state index is 10.4. The van der Waals surface area contributed by atoms with Crippen molar-refractivity contribution in [1.29, 1.82) is 0 Å². The van der Waals surface area contributed by atoms with Gasteiger partial charge in [0, 0.05) is 30.7 Å². The summed E-state index contributed by atoms with van der Waals surface area (Å²) in [6, 6.07) is 6.29. The standard InChI is InChI=1S/C14H16N6O/c1-19(18-21)5-4-12-7-16-14-3-2-11(6-13(12)14)8-20-10-15-9-17-20/h2-3,6-7,9-10,16H,4-5,8H2,1H3. The molecule has 0 amide bonds. The van der Waals surface area contributed by atoms with E-state index >= 15 is 0 Å². The molecule has 0 bridgehead atoms. The summed E-state index contributed by atoms with van der Waals surface area (Å²) < 4.78 is 1.79. The van der Waals surface area contributed by atoms with E-state index in [9.17, 15) is 4.91 Å². The molecule has 2 aromatic heterocycles. The number of likely N-dealkylation sites (N-methyl/N-ethyl adjacent to an activating group) is 1. The summed E-state index contributed by atoms with van der Waals surface area (Å²) in [5.41, 5.74) is 3.44. The number of hydrogen-bond acceptors (Lipinski definition) is 4. The van der Waals surface area contributed by atoms with Gasteiger partial charge < -0.3 is 4.98 Å². The third-order valence-electron chi connectivity index (χ3n) is 3.49. The zero-order valence-corrected chi connectivity index (χ0v) is 11.7. The van der Waals surface area contributed by atoms with E-state index in [0.29, 0.717) is 13.1 Å². The van der Waals surface area contributed by atoms with Crippen molar-refractivity contribution < 1.29 is 0 Å². The van der Waals surface area contributed by atoms with Crippen LogP contribution in [-0.4, -0.2) is 38.3 Å². The smallest absolute Gasteiger partial charge is 0.137 e. The molecular weight excluding hydrogens is 268 g/mol. The van der Waals surface area contributed by atoms with Gasteiger partial charge in [0.15, 0.2) is 0 Å². The summed E-state index contributed by atoms with van der Waals surface area (Å²) in [5, 5.41) is 9.58. The fourth-order valence-corrected chi connectivity index (χ4v) is 2.36. The lowest BCUT2D eigenvalue weighted by molar-refractivity contribution is 0.354. The molecule has 0 spiro atoms. The molecule has 0 aliphatic rings. The van der Waals surface area contributed by atoms with Crippen molar-refractivity contribution in [1.82, 2.24) is 24.8 Å². The molecule has 1 aromatic carbocycles. The molecule has 3 aromatic rings. The van der Waals surface area contributed by atoms with E-state index in [-0.39, 0.29) is 0 Å². The molecule has 0 saturated carbocycles. The van der Waals surface area contributed by atoms with Crippen molar-refractivity contribution >= 4 is 10.9 Å². The van der Waals surface area contributed by atoms with E-state index in [0.717, 1.165) is 17.5 Å². The molecule has 0 saturated heterocycles. The number of rotatable bonds is 6. The van der Waals surface area contributed by atoms with E-state index < -0.39 is 0 Å². The number of hydrogen-bond donors (Lipinski definition) is 1. The summed E-state index contributed by atoms with van der Waals surface area (Å²) in [7, 11) is 1.68. The molecule has 108 valence electrons. The Kier molecular flexibility index (Phi) is 3.63. The fraction of sp³-hybridized carbons (Fsp3) is 0.286. The molecule has 7 nitrogen and oxygen atoms in total. The number of H-pyrrole nitrogens is 1. The van der Waals surface area contributed by atoms with Crippen LogP contribution in [0.2, 0.25) is 0 Å². The molecular formula is C14H16N6O. The lowest BCUT2D eigenvalue weighted by Crippen LogP contribution is -2.13. The van der Waals surface area contributed by atoms with Crippen molar-refractivity contribution in [2.24, 2.45) is 5.29 Å². The average Bonchev–Trinajstić information content (AvgIpc) is 3.14. The minimum atomic E-state index is 0.601. The second-order valence-corrected chi connectivity index (χ2v) is 5.00. The van der Waals surface area contributed by atoms with Gasteiger partial charge in [-0.1, -0.05) is 6.07 Å². The van der Waals surface area contributed by atoms with Crippen LogP contribution in [0.3, 0.4) is 0 Å². The molecule has 3 rings (SSSR count). The zero-order valence-electron chi connectivity index (χ0n) is 11.7. The quantitative estimate of drug-likeness (QED) is 0.554. The fourth-order valence-electron chi connectivity index (χ4n) is 2.36. The van der Waals surface area contributed by atoms with Crippen LogP contribution in [0.15, 0.2) is 42.3 Å². The minimum absolute atomic E-state index is 0.601. The van der Waals surface area contributed by atoms with E-state index in [2.05, 4.69) is 38.6 Å². The van der Waals surface area contributed by atoms with Crippen LogP contribution in [0.5, 0.6) is 0 Å². The molecule has 0 unspecified atom stereocenters. The Hall–Kier alpha value is -2.70. The first-order valence-electron chi connectivity index (χ1n) is 6.72. The van der Waals surface area contributed by atoms with Crippen molar-refractivity contribution in [3.63, 3.8) is 0 Å². The maximum Gasteiger partial charge on any atom is 0.137 e. The highest BCUT2D eigenvalue weighted by atomic mass is 16.3. The highest BCUT2D eigenvalue weighted by molar-refractivity contribution is 5.83. The molecule has 0 fully saturated rings. The van der Waals surface area contributed by atoms with Crippen molar-refractivity contribution in [2.75, 3.05) is 13.6 Å². The summed E-state index contributed by atoms with van der Waals surface area (Å²) >= 11 is 0.